The number of fused-ring (bicyclic) bond motifs is 1. The zero-order chi connectivity index (χ0) is 16.1. The number of carbonyl (C=O) groups excluding carboxylic acids is 1. The van der Waals surface area contributed by atoms with Crippen LogP contribution in [-0.4, -0.2) is 12.0 Å². The van der Waals surface area contributed by atoms with Crippen molar-refractivity contribution in [3.63, 3.8) is 0 Å². The molecule has 4 nitrogen and oxygen atoms in total. The maximum atomic E-state index is 12.3. The van der Waals surface area contributed by atoms with Crippen LogP contribution < -0.4 is 10.1 Å². The van der Waals surface area contributed by atoms with Crippen LogP contribution in [0.4, 0.5) is 0 Å². The third-order valence-electron chi connectivity index (χ3n) is 4.28. The van der Waals surface area contributed by atoms with Gasteiger partial charge in [0.05, 0.1) is 12.8 Å². The molecule has 3 rings (SSSR count). The topological polar surface area (TPSA) is 51.5 Å². The largest absolute Gasteiger partial charge is 0.481 e. The van der Waals surface area contributed by atoms with Crippen LogP contribution in [-0.2, 0) is 24.2 Å². The van der Waals surface area contributed by atoms with Gasteiger partial charge in [0.2, 0.25) is 0 Å². The van der Waals surface area contributed by atoms with Gasteiger partial charge in [0, 0.05) is 0 Å². The van der Waals surface area contributed by atoms with E-state index in [1.165, 1.54) is 24.0 Å². The van der Waals surface area contributed by atoms with Gasteiger partial charge in [-0.25, -0.2) is 0 Å². The van der Waals surface area contributed by atoms with E-state index in [4.69, 9.17) is 9.15 Å². The molecule has 1 unspecified atom stereocenters. The van der Waals surface area contributed by atoms with Gasteiger partial charge in [-0.05, 0) is 67.5 Å². The highest BCUT2D eigenvalue weighted by molar-refractivity contribution is 5.81. The van der Waals surface area contributed by atoms with Crippen LogP contribution in [0.1, 0.15) is 43.1 Å². The van der Waals surface area contributed by atoms with E-state index >= 15 is 0 Å². The summed E-state index contributed by atoms with van der Waals surface area (Å²) < 4.78 is 11.1. The van der Waals surface area contributed by atoms with Gasteiger partial charge in [0.1, 0.15) is 11.5 Å². The molecule has 2 aromatic rings. The molecule has 4 heteroatoms. The minimum Gasteiger partial charge on any atom is -0.481 e. The molecule has 1 atom stereocenters. The Bertz CT molecular complexity index is 649. The molecule has 0 saturated carbocycles. The molecule has 1 amide bonds. The van der Waals surface area contributed by atoms with E-state index in [0.717, 1.165) is 24.4 Å². The smallest absolute Gasteiger partial charge is 0.261 e. The van der Waals surface area contributed by atoms with Crippen molar-refractivity contribution < 1.29 is 13.9 Å². The van der Waals surface area contributed by atoms with Crippen LogP contribution in [0.25, 0.3) is 0 Å². The quantitative estimate of drug-likeness (QED) is 0.886. The van der Waals surface area contributed by atoms with Crippen molar-refractivity contribution >= 4 is 5.91 Å². The van der Waals surface area contributed by atoms with Gasteiger partial charge in [-0.15, -0.1) is 0 Å². The van der Waals surface area contributed by atoms with Gasteiger partial charge in [-0.1, -0.05) is 13.0 Å². The van der Waals surface area contributed by atoms with Crippen LogP contribution in [0.3, 0.4) is 0 Å². The van der Waals surface area contributed by atoms with Crippen molar-refractivity contribution in [1.82, 2.24) is 5.32 Å². The fourth-order valence-corrected chi connectivity index (χ4v) is 2.97. The Kier molecular flexibility index (Phi) is 5.01. The molecule has 23 heavy (non-hydrogen) atoms. The molecular formula is C19H23NO3. The summed E-state index contributed by atoms with van der Waals surface area (Å²) in [6.07, 6.45) is 6.50. The van der Waals surface area contributed by atoms with Gasteiger partial charge in [0.15, 0.2) is 6.10 Å². The van der Waals surface area contributed by atoms with Crippen molar-refractivity contribution in [1.29, 1.82) is 0 Å². The SMILES string of the molecule is CCC(Oc1ccc2c(c1)CCCC2)C(=O)NCc1ccco1. The number of nitrogens with one attached hydrogen (secondary N) is 1. The molecule has 1 aromatic heterocycles. The molecule has 0 aliphatic heterocycles. The predicted octanol–water partition coefficient (Wildman–Crippen LogP) is 3.63. The standard InChI is InChI=1S/C19H23NO3/c1-2-18(19(21)20-13-17-8-5-11-22-17)23-16-10-9-14-6-3-4-7-15(14)12-16/h5,8-12,18H,2-4,6-7,13H2,1H3,(H,20,21). The lowest BCUT2D eigenvalue weighted by Crippen LogP contribution is -2.37. The van der Waals surface area contributed by atoms with Gasteiger partial charge in [0.25, 0.3) is 5.91 Å². The monoisotopic (exact) mass is 313 g/mol. The van der Waals surface area contributed by atoms with Gasteiger partial charge < -0.3 is 14.5 Å². The Morgan fingerprint density at radius 2 is 2.09 bits per heavy atom. The van der Waals surface area contributed by atoms with Crippen LogP contribution in [0.2, 0.25) is 0 Å². The molecule has 0 spiro atoms. The highest BCUT2D eigenvalue weighted by atomic mass is 16.5. The van der Waals surface area contributed by atoms with Crippen molar-refractivity contribution in [2.75, 3.05) is 0 Å². The Morgan fingerprint density at radius 3 is 2.83 bits per heavy atom. The van der Waals surface area contributed by atoms with Crippen LogP contribution in [0, 0.1) is 0 Å². The molecule has 0 bridgehead atoms. The summed E-state index contributed by atoms with van der Waals surface area (Å²) in [6, 6.07) is 9.86. The first-order valence-corrected chi connectivity index (χ1v) is 8.35. The average Bonchev–Trinajstić information content (AvgIpc) is 3.11. The first-order valence-electron chi connectivity index (χ1n) is 8.35. The highest BCUT2D eigenvalue weighted by Crippen LogP contribution is 2.26. The van der Waals surface area contributed by atoms with E-state index in [1.807, 2.05) is 25.1 Å². The van der Waals surface area contributed by atoms with E-state index in [0.29, 0.717) is 13.0 Å². The summed E-state index contributed by atoms with van der Waals surface area (Å²) in [5.74, 6) is 1.41. The Morgan fingerprint density at radius 1 is 1.26 bits per heavy atom. The normalized spacial score (nSPS) is 14.8. The molecule has 0 saturated heterocycles. The second kappa shape index (κ2) is 7.36. The number of benzene rings is 1. The maximum absolute atomic E-state index is 12.3. The zero-order valence-electron chi connectivity index (χ0n) is 13.5. The van der Waals surface area contributed by atoms with Crippen LogP contribution >= 0.6 is 0 Å². The van der Waals surface area contributed by atoms with Crippen LogP contribution in [0.5, 0.6) is 5.75 Å². The second-order valence-corrected chi connectivity index (χ2v) is 5.95. The number of rotatable bonds is 6. The predicted molar refractivity (Wildman–Crippen MR) is 88.3 cm³/mol. The number of furan rings is 1. The average molecular weight is 313 g/mol. The minimum atomic E-state index is -0.480. The number of carbonyl (C=O) groups is 1. The zero-order valence-corrected chi connectivity index (χ0v) is 13.5. The Hall–Kier alpha value is -2.23. The van der Waals surface area contributed by atoms with Crippen molar-refractivity contribution in [2.45, 2.75) is 51.7 Å². The molecular weight excluding hydrogens is 290 g/mol. The summed E-state index contributed by atoms with van der Waals surface area (Å²) in [6.45, 7) is 2.34. The Balaban J connectivity index is 1.61. The Labute approximate surface area is 136 Å². The van der Waals surface area contributed by atoms with E-state index < -0.39 is 6.10 Å². The van der Waals surface area contributed by atoms with E-state index in [-0.39, 0.29) is 5.91 Å². The maximum Gasteiger partial charge on any atom is 0.261 e. The molecule has 1 aliphatic rings. The minimum absolute atomic E-state index is 0.110. The summed E-state index contributed by atoms with van der Waals surface area (Å²) in [5, 5.41) is 2.86. The van der Waals surface area contributed by atoms with E-state index in [9.17, 15) is 4.79 Å². The number of amides is 1. The summed E-state index contributed by atoms with van der Waals surface area (Å²) in [4.78, 5) is 12.3. The lowest BCUT2D eigenvalue weighted by Gasteiger charge is -2.20. The van der Waals surface area contributed by atoms with Crippen molar-refractivity contribution in [3.05, 3.63) is 53.5 Å². The van der Waals surface area contributed by atoms with Gasteiger partial charge in [-0.3, -0.25) is 4.79 Å². The van der Waals surface area contributed by atoms with Crippen molar-refractivity contribution in [3.8, 4) is 5.75 Å². The molecule has 0 radical (unpaired) electrons. The van der Waals surface area contributed by atoms with Gasteiger partial charge >= 0.3 is 0 Å². The lowest BCUT2D eigenvalue weighted by molar-refractivity contribution is -0.128. The molecule has 1 aromatic carbocycles. The molecule has 1 N–H and O–H groups in total. The first-order chi connectivity index (χ1) is 11.3. The number of aryl methyl sites for hydroxylation is 2. The second-order valence-electron chi connectivity index (χ2n) is 5.95. The van der Waals surface area contributed by atoms with E-state index in [1.54, 1.807) is 6.26 Å². The number of hydrogen-bond acceptors (Lipinski definition) is 3. The summed E-state index contributed by atoms with van der Waals surface area (Å²) >= 11 is 0. The summed E-state index contributed by atoms with van der Waals surface area (Å²) in [7, 11) is 0. The van der Waals surface area contributed by atoms with Crippen molar-refractivity contribution in [2.24, 2.45) is 0 Å². The number of ether oxygens (including phenoxy) is 1. The molecule has 1 aliphatic carbocycles. The van der Waals surface area contributed by atoms with Crippen LogP contribution in [0.15, 0.2) is 41.0 Å². The molecule has 122 valence electrons. The number of hydrogen-bond donors (Lipinski definition) is 1. The van der Waals surface area contributed by atoms with Gasteiger partial charge in [-0.2, -0.15) is 0 Å². The first kappa shape index (κ1) is 15.7. The summed E-state index contributed by atoms with van der Waals surface area (Å²) in [5.41, 5.74) is 2.78. The lowest BCUT2D eigenvalue weighted by atomic mass is 9.92. The third kappa shape index (κ3) is 3.95. The fraction of sp³-hybridized carbons (Fsp3) is 0.421. The molecule has 0 fully saturated rings. The third-order valence-corrected chi connectivity index (χ3v) is 4.28. The fourth-order valence-electron chi connectivity index (χ4n) is 2.97. The molecule has 1 heterocycles. The highest BCUT2D eigenvalue weighted by Gasteiger charge is 2.19. The van der Waals surface area contributed by atoms with E-state index in [2.05, 4.69) is 17.4 Å².